The van der Waals surface area contributed by atoms with E-state index in [1.807, 2.05) is 0 Å². The number of hydrogen-bond donors (Lipinski definition) is 9. The average Bonchev–Trinajstić information content (AvgIpc) is 3.04. The maximum Gasteiger partial charge on any atom is 0.326 e. The molecule has 0 radical (unpaired) electrons. The predicted molar refractivity (Wildman–Crippen MR) is 175 cm³/mol. The van der Waals surface area contributed by atoms with Gasteiger partial charge in [-0.3, -0.25) is 19.4 Å². The number of guanidine groups is 1. The van der Waals surface area contributed by atoms with Crippen molar-refractivity contribution in [1.29, 1.82) is 0 Å². The Balaban J connectivity index is 1.80. The number of carbonyl (C=O) groups excluding carboxylic acids is 3. The van der Waals surface area contributed by atoms with Crippen LogP contribution in [0, 0.1) is 0 Å². The highest BCUT2D eigenvalue weighted by Gasteiger charge is 2.30. The van der Waals surface area contributed by atoms with Gasteiger partial charge in [-0.2, -0.15) is 0 Å². The van der Waals surface area contributed by atoms with E-state index in [0.29, 0.717) is 16.7 Å². The summed E-state index contributed by atoms with van der Waals surface area (Å²) < 4.78 is 0. The Kier molecular flexibility index (Phi) is 13.5. The van der Waals surface area contributed by atoms with Crippen molar-refractivity contribution in [3.05, 3.63) is 95.6 Å². The minimum absolute atomic E-state index is 0.00896. The number of benzene rings is 3. The lowest BCUT2D eigenvalue weighted by atomic mass is 10.0. The zero-order valence-corrected chi connectivity index (χ0v) is 25.7. The number of aliphatic carboxylic acids is 1. The standard InChI is InChI=1S/C33H41N7O7/c34-25(17-21-8-12-23(41)13-9-21)29(43)39-27(18-22-10-14-24(42)15-11-22)31(45)38-26(7-4-16-37-33(35)36)30(44)40-28(32(46)47)19-20-5-2-1-3-6-20/h1-3,5-6,8-15,25-28,41-42H,4,7,16-19,34H2,(H,38,45)(H,39,43)(H,40,44)(H,46,47)(H4,35,36,37). The average molecular weight is 648 g/mol. The Hall–Kier alpha value is -5.63. The van der Waals surface area contributed by atoms with E-state index in [-0.39, 0.29) is 56.1 Å². The lowest BCUT2D eigenvalue weighted by Gasteiger charge is -2.25. The van der Waals surface area contributed by atoms with Crippen molar-refractivity contribution in [2.45, 2.75) is 56.3 Å². The van der Waals surface area contributed by atoms with Gasteiger partial charge in [0.1, 0.15) is 29.6 Å². The molecule has 0 aromatic heterocycles. The number of aromatic hydroxyl groups is 2. The second kappa shape index (κ2) is 17.8. The number of rotatable bonds is 17. The van der Waals surface area contributed by atoms with Gasteiger partial charge in [0.2, 0.25) is 17.7 Å². The summed E-state index contributed by atoms with van der Waals surface area (Å²) in [6.45, 7) is 0.147. The van der Waals surface area contributed by atoms with Gasteiger partial charge in [-0.1, -0.05) is 54.6 Å². The molecule has 0 aliphatic heterocycles. The van der Waals surface area contributed by atoms with Crippen molar-refractivity contribution in [2.75, 3.05) is 6.54 Å². The second-order valence-corrected chi connectivity index (χ2v) is 11.0. The summed E-state index contributed by atoms with van der Waals surface area (Å²) >= 11 is 0. The lowest BCUT2D eigenvalue weighted by Crippen LogP contribution is -2.58. The van der Waals surface area contributed by atoms with Crippen molar-refractivity contribution in [3.63, 3.8) is 0 Å². The summed E-state index contributed by atoms with van der Waals surface area (Å²) in [4.78, 5) is 56.3. The highest BCUT2D eigenvalue weighted by Crippen LogP contribution is 2.14. The van der Waals surface area contributed by atoms with Crippen molar-refractivity contribution >= 4 is 29.7 Å². The molecule has 14 nitrogen and oxygen atoms in total. The molecule has 14 heteroatoms. The first-order valence-corrected chi connectivity index (χ1v) is 15.0. The maximum absolute atomic E-state index is 13.7. The minimum atomic E-state index is -1.28. The molecule has 4 atom stereocenters. The van der Waals surface area contributed by atoms with Gasteiger partial charge in [0, 0.05) is 19.4 Å². The number of nitrogens with two attached hydrogens (primary N) is 3. The molecule has 0 bridgehead atoms. The van der Waals surface area contributed by atoms with Crippen LogP contribution in [0.5, 0.6) is 11.5 Å². The topological polar surface area (TPSA) is 255 Å². The Labute approximate surface area is 272 Å². The molecule has 0 spiro atoms. The third-order valence-electron chi connectivity index (χ3n) is 7.21. The van der Waals surface area contributed by atoms with Crippen molar-refractivity contribution in [3.8, 4) is 11.5 Å². The van der Waals surface area contributed by atoms with Gasteiger partial charge in [-0.25, -0.2) is 4.79 Å². The van der Waals surface area contributed by atoms with Crippen LogP contribution in [0.25, 0.3) is 0 Å². The normalized spacial score (nSPS) is 13.3. The van der Waals surface area contributed by atoms with E-state index in [4.69, 9.17) is 17.2 Å². The highest BCUT2D eigenvalue weighted by molar-refractivity contribution is 5.94. The van der Waals surface area contributed by atoms with E-state index in [1.54, 1.807) is 54.6 Å². The Bertz CT molecular complexity index is 1510. The molecular weight excluding hydrogens is 606 g/mol. The Morgan fingerprint density at radius 1 is 0.638 bits per heavy atom. The van der Waals surface area contributed by atoms with E-state index in [9.17, 15) is 34.5 Å². The van der Waals surface area contributed by atoms with Gasteiger partial charge in [-0.05, 0) is 60.2 Å². The first-order valence-electron chi connectivity index (χ1n) is 15.0. The minimum Gasteiger partial charge on any atom is -0.508 e. The fourth-order valence-corrected chi connectivity index (χ4v) is 4.70. The molecule has 0 saturated carbocycles. The van der Waals surface area contributed by atoms with Gasteiger partial charge in [0.15, 0.2) is 5.96 Å². The van der Waals surface area contributed by atoms with Crippen LogP contribution in [0.15, 0.2) is 83.9 Å². The van der Waals surface area contributed by atoms with Crippen LogP contribution in [0.2, 0.25) is 0 Å². The SMILES string of the molecule is NC(N)=NCCCC(NC(=O)C(Cc1ccc(O)cc1)NC(=O)C(N)Cc1ccc(O)cc1)C(=O)NC(Cc1ccccc1)C(=O)O. The summed E-state index contributed by atoms with van der Waals surface area (Å²) in [6, 6.07) is 16.2. The maximum atomic E-state index is 13.7. The molecule has 3 aromatic carbocycles. The molecule has 0 heterocycles. The molecule has 0 aliphatic rings. The van der Waals surface area contributed by atoms with Crippen LogP contribution in [-0.4, -0.2) is 75.7 Å². The molecule has 3 aromatic rings. The molecule has 3 rings (SSSR count). The first kappa shape index (κ1) is 35.8. The molecule has 3 amide bonds. The first-order chi connectivity index (χ1) is 22.4. The number of phenols is 2. The molecular formula is C33H41N7O7. The summed E-state index contributed by atoms with van der Waals surface area (Å²) in [6.07, 6.45) is 0.422. The van der Waals surface area contributed by atoms with Crippen LogP contribution in [0.3, 0.4) is 0 Å². The van der Waals surface area contributed by atoms with Gasteiger partial charge in [-0.15, -0.1) is 0 Å². The summed E-state index contributed by atoms with van der Waals surface area (Å²) in [7, 11) is 0. The Morgan fingerprint density at radius 3 is 1.66 bits per heavy atom. The van der Waals surface area contributed by atoms with Gasteiger partial charge < -0.3 is 48.5 Å². The van der Waals surface area contributed by atoms with Gasteiger partial charge >= 0.3 is 5.97 Å². The van der Waals surface area contributed by atoms with Crippen LogP contribution in [0.4, 0.5) is 0 Å². The molecule has 0 aliphatic carbocycles. The van der Waals surface area contributed by atoms with E-state index in [1.165, 1.54) is 24.3 Å². The van der Waals surface area contributed by atoms with Crippen molar-refractivity contribution < 1.29 is 34.5 Å². The van der Waals surface area contributed by atoms with Gasteiger partial charge in [0.25, 0.3) is 0 Å². The number of carboxylic acids is 1. The summed E-state index contributed by atoms with van der Waals surface area (Å²) in [5.41, 5.74) is 18.9. The third kappa shape index (κ3) is 12.4. The molecule has 250 valence electrons. The zero-order valence-electron chi connectivity index (χ0n) is 25.7. The molecule has 12 N–H and O–H groups in total. The Morgan fingerprint density at radius 2 is 1.11 bits per heavy atom. The third-order valence-corrected chi connectivity index (χ3v) is 7.21. The fourth-order valence-electron chi connectivity index (χ4n) is 4.70. The number of carboxylic acid groups (broad SMARTS) is 1. The quantitative estimate of drug-likeness (QED) is 0.0540. The predicted octanol–water partition coefficient (Wildman–Crippen LogP) is 0.0456. The summed E-state index contributed by atoms with van der Waals surface area (Å²) in [5.74, 6) is -3.44. The van der Waals surface area contributed by atoms with E-state index in [2.05, 4.69) is 20.9 Å². The van der Waals surface area contributed by atoms with Crippen LogP contribution in [0.1, 0.15) is 29.5 Å². The zero-order chi connectivity index (χ0) is 34.3. The number of carbonyl (C=O) groups is 4. The molecule has 0 saturated heterocycles. The molecule has 0 fully saturated rings. The second-order valence-electron chi connectivity index (χ2n) is 11.0. The number of amides is 3. The van der Waals surface area contributed by atoms with Crippen LogP contribution >= 0.6 is 0 Å². The number of nitrogens with zero attached hydrogens (tertiary/aromatic N) is 1. The number of nitrogens with one attached hydrogen (secondary N) is 3. The fraction of sp³-hybridized carbons (Fsp3) is 0.303. The van der Waals surface area contributed by atoms with Gasteiger partial charge in [0.05, 0.1) is 6.04 Å². The van der Waals surface area contributed by atoms with Crippen LogP contribution in [-0.2, 0) is 38.4 Å². The highest BCUT2D eigenvalue weighted by atomic mass is 16.4. The van der Waals surface area contributed by atoms with E-state index in [0.717, 1.165) is 0 Å². The van der Waals surface area contributed by atoms with Crippen molar-refractivity contribution in [1.82, 2.24) is 16.0 Å². The molecule has 4 unspecified atom stereocenters. The van der Waals surface area contributed by atoms with Crippen molar-refractivity contribution in [2.24, 2.45) is 22.2 Å². The number of aliphatic imine (C=N–C) groups is 1. The lowest BCUT2D eigenvalue weighted by molar-refractivity contribution is -0.142. The monoisotopic (exact) mass is 647 g/mol. The van der Waals surface area contributed by atoms with E-state index >= 15 is 0 Å². The number of phenolic OH excluding ortho intramolecular Hbond substituents is 2. The molecule has 47 heavy (non-hydrogen) atoms. The van der Waals surface area contributed by atoms with E-state index < -0.39 is 47.9 Å². The smallest absolute Gasteiger partial charge is 0.326 e. The summed E-state index contributed by atoms with van der Waals surface area (Å²) in [5, 5.41) is 36.9. The largest absolute Gasteiger partial charge is 0.508 e. The number of hydrogen-bond acceptors (Lipinski definition) is 8. The van der Waals surface area contributed by atoms with Crippen LogP contribution < -0.4 is 33.2 Å².